The molecule has 1 fully saturated rings. The van der Waals surface area contributed by atoms with Crippen molar-refractivity contribution in [1.29, 1.82) is 0 Å². The average molecular weight is 330 g/mol. The number of fused-ring (bicyclic) bond motifs is 1. The molecule has 122 valence electrons. The van der Waals surface area contributed by atoms with Crippen molar-refractivity contribution in [3.05, 3.63) is 33.7 Å². The SMILES string of the molecule is Cc1cc2c(cc1/C=C1/SC(=O)NC1=O)[C@@H](C)CC(C)(C)N2C. The second kappa shape index (κ2) is 5.41. The van der Waals surface area contributed by atoms with Crippen LogP contribution in [0.4, 0.5) is 10.5 Å². The summed E-state index contributed by atoms with van der Waals surface area (Å²) in [6, 6.07) is 4.36. The number of thioether (sulfide) groups is 1. The molecule has 2 amide bonds. The van der Waals surface area contributed by atoms with Crippen LogP contribution in [0, 0.1) is 6.92 Å². The van der Waals surface area contributed by atoms with E-state index in [2.05, 4.69) is 50.2 Å². The minimum Gasteiger partial charge on any atom is -0.369 e. The Bertz CT molecular complexity index is 737. The molecule has 0 unspecified atom stereocenters. The molecular formula is C18H22N2O2S. The maximum Gasteiger partial charge on any atom is 0.290 e. The zero-order valence-electron chi connectivity index (χ0n) is 14.2. The quantitative estimate of drug-likeness (QED) is 0.790. The van der Waals surface area contributed by atoms with Crippen LogP contribution in [0.1, 0.15) is 49.8 Å². The summed E-state index contributed by atoms with van der Waals surface area (Å²) in [6.45, 7) is 8.83. The van der Waals surface area contributed by atoms with Gasteiger partial charge in [-0.25, -0.2) is 0 Å². The van der Waals surface area contributed by atoms with Crippen molar-refractivity contribution in [2.45, 2.75) is 45.6 Å². The van der Waals surface area contributed by atoms with Gasteiger partial charge in [0.15, 0.2) is 0 Å². The van der Waals surface area contributed by atoms with Crippen molar-refractivity contribution < 1.29 is 9.59 Å². The number of aryl methyl sites for hydroxylation is 1. The molecule has 1 aromatic rings. The summed E-state index contributed by atoms with van der Waals surface area (Å²) >= 11 is 0.967. The zero-order valence-corrected chi connectivity index (χ0v) is 15.0. The normalized spacial score (nSPS) is 24.8. The Morgan fingerprint density at radius 3 is 2.65 bits per heavy atom. The second-order valence-corrected chi connectivity index (χ2v) is 8.11. The van der Waals surface area contributed by atoms with Crippen LogP contribution in [0.3, 0.4) is 0 Å². The van der Waals surface area contributed by atoms with Gasteiger partial charge in [-0.3, -0.25) is 14.9 Å². The lowest BCUT2D eigenvalue weighted by Gasteiger charge is -2.45. The van der Waals surface area contributed by atoms with Crippen LogP contribution in [-0.4, -0.2) is 23.7 Å². The lowest BCUT2D eigenvalue weighted by Crippen LogP contribution is -2.45. The summed E-state index contributed by atoms with van der Waals surface area (Å²) < 4.78 is 0. The van der Waals surface area contributed by atoms with E-state index in [1.54, 1.807) is 0 Å². The Balaban J connectivity index is 2.06. The highest BCUT2D eigenvalue weighted by Crippen LogP contribution is 2.43. The van der Waals surface area contributed by atoms with E-state index in [0.29, 0.717) is 10.8 Å². The largest absolute Gasteiger partial charge is 0.369 e. The van der Waals surface area contributed by atoms with Crippen LogP contribution in [0.25, 0.3) is 6.08 Å². The summed E-state index contributed by atoms with van der Waals surface area (Å²) in [5.74, 6) is 0.157. The number of rotatable bonds is 1. The van der Waals surface area contributed by atoms with Crippen LogP contribution in [0.2, 0.25) is 0 Å². The van der Waals surface area contributed by atoms with E-state index in [9.17, 15) is 9.59 Å². The number of anilines is 1. The minimum absolute atomic E-state index is 0.131. The number of carbonyl (C=O) groups excluding carboxylic acids is 2. The number of imide groups is 1. The predicted molar refractivity (Wildman–Crippen MR) is 95.8 cm³/mol. The number of benzene rings is 1. The molecular weight excluding hydrogens is 308 g/mol. The molecule has 0 saturated carbocycles. The van der Waals surface area contributed by atoms with E-state index in [1.165, 1.54) is 11.3 Å². The Hall–Kier alpha value is -1.75. The van der Waals surface area contributed by atoms with E-state index in [1.807, 2.05) is 13.0 Å². The number of amides is 2. The van der Waals surface area contributed by atoms with Crippen molar-refractivity contribution in [3.63, 3.8) is 0 Å². The van der Waals surface area contributed by atoms with Crippen molar-refractivity contribution in [3.8, 4) is 0 Å². The first kappa shape index (κ1) is 16.1. The molecule has 4 nitrogen and oxygen atoms in total. The van der Waals surface area contributed by atoms with Gasteiger partial charge in [0.25, 0.3) is 11.1 Å². The highest BCUT2D eigenvalue weighted by molar-refractivity contribution is 8.18. The molecule has 1 N–H and O–H groups in total. The van der Waals surface area contributed by atoms with Gasteiger partial charge in [0.05, 0.1) is 4.91 Å². The molecule has 0 radical (unpaired) electrons. The maximum atomic E-state index is 11.8. The van der Waals surface area contributed by atoms with Gasteiger partial charge < -0.3 is 4.90 Å². The predicted octanol–water partition coefficient (Wildman–Crippen LogP) is 4.04. The van der Waals surface area contributed by atoms with E-state index >= 15 is 0 Å². The van der Waals surface area contributed by atoms with E-state index < -0.39 is 0 Å². The van der Waals surface area contributed by atoms with Crippen molar-refractivity contribution >= 4 is 34.7 Å². The number of nitrogens with one attached hydrogen (secondary N) is 1. The van der Waals surface area contributed by atoms with Crippen LogP contribution in [0.5, 0.6) is 0 Å². The van der Waals surface area contributed by atoms with Crippen molar-refractivity contribution in [2.24, 2.45) is 0 Å². The first-order valence-electron chi connectivity index (χ1n) is 7.82. The van der Waals surface area contributed by atoms with Crippen LogP contribution >= 0.6 is 11.8 Å². The average Bonchev–Trinajstić information content (AvgIpc) is 2.76. The fourth-order valence-corrected chi connectivity index (χ4v) is 4.13. The summed E-state index contributed by atoms with van der Waals surface area (Å²) in [5, 5.41) is 2.00. The molecule has 0 spiro atoms. The van der Waals surface area contributed by atoms with Crippen LogP contribution in [-0.2, 0) is 4.79 Å². The van der Waals surface area contributed by atoms with E-state index in [-0.39, 0.29) is 16.7 Å². The number of nitrogens with zero attached hydrogens (tertiary/aromatic N) is 1. The van der Waals surface area contributed by atoms with E-state index in [4.69, 9.17) is 0 Å². The lowest BCUT2D eigenvalue weighted by molar-refractivity contribution is -0.115. The zero-order chi connectivity index (χ0) is 16.9. The fourth-order valence-electron chi connectivity index (χ4n) is 3.45. The topological polar surface area (TPSA) is 49.4 Å². The molecule has 23 heavy (non-hydrogen) atoms. The minimum atomic E-state index is -0.302. The Kier molecular flexibility index (Phi) is 3.79. The van der Waals surface area contributed by atoms with Crippen molar-refractivity contribution in [1.82, 2.24) is 5.32 Å². The summed E-state index contributed by atoms with van der Waals surface area (Å²) in [5.41, 5.74) is 4.82. The maximum absolute atomic E-state index is 11.8. The molecule has 5 heteroatoms. The van der Waals surface area contributed by atoms with Gasteiger partial charge in [0.2, 0.25) is 0 Å². The molecule has 1 saturated heterocycles. The van der Waals surface area contributed by atoms with Crippen molar-refractivity contribution in [2.75, 3.05) is 11.9 Å². The van der Waals surface area contributed by atoms with Gasteiger partial charge >= 0.3 is 0 Å². The molecule has 2 aliphatic rings. The van der Waals surface area contributed by atoms with E-state index in [0.717, 1.165) is 29.3 Å². The second-order valence-electron chi connectivity index (χ2n) is 7.10. The van der Waals surface area contributed by atoms with Gasteiger partial charge in [-0.15, -0.1) is 0 Å². The Labute approximate surface area is 141 Å². The van der Waals surface area contributed by atoms with Gasteiger partial charge in [-0.2, -0.15) is 0 Å². The summed E-state index contributed by atoms with van der Waals surface area (Å²) in [6.07, 6.45) is 2.91. The Morgan fingerprint density at radius 1 is 1.35 bits per heavy atom. The van der Waals surface area contributed by atoms with Crippen LogP contribution < -0.4 is 10.2 Å². The van der Waals surface area contributed by atoms with Gasteiger partial charge in [0.1, 0.15) is 0 Å². The molecule has 2 heterocycles. The molecule has 0 aromatic heterocycles. The lowest BCUT2D eigenvalue weighted by atomic mass is 9.79. The van der Waals surface area contributed by atoms with Gasteiger partial charge in [0, 0.05) is 18.3 Å². The number of hydrogen-bond donors (Lipinski definition) is 1. The summed E-state index contributed by atoms with van der Waals surface area (Å²) in [4.78, 5) is 25.9. The number of hydrogen-bond acceptors (Lipinski definition) is 4. The third kappa shape index (κ3) is 2.78. The standard InChI is InChI=1S/C18H22N2O2S/c1-10-6-14-13(11(2)9-18(3,4)20(14)5)7-12(10)8-15-16(21)19-17(22)23-15/h6-8,11H,9H2,1-5H3,(H,19,21,22)/b15-8+/t11-/m0/s1. The van der Waals surface area contributed by atoms with Crippen LogP contribution in [0.15, 0.2) is 17.0 Å². The monoisotopic (exact) mass is 330 g/mol. The Morgan fingerprint density at radius 2 is 2.04 bits per heavy atom. The number of carbonyl (C=O) groups is 2. The van der Waals surface area contributed by atoms with Gasteiger partial charge in [-0.1, -0.05) is 6.92 Å². The third-order valence-electron chi connectivity index (χ3n) is 4.95. The molecule has 1 aromatic carbocycles. The highest BCUT2D eigenvalue weighted by Gasteiger charge is 2.34. The first-order chi connectivity index (χ1) is 10.7. The molecule has 0 bridgehead atoms. The first-order valence-corrected chi connectivity index (χ1v) is 8.64. The smallest absolute Gasteiger partial charge is 0.290 e. The summed E-state index contributed by atoms with van der Waals surface area (Å²) in [7, 11) is 2.14. The fraction of sp³-hybridized carbons (Fsp3) is 0.444. The third-order valence-corrected chi connectivity index (χ3v) is 5.76. The molecule has 1 atom stereocenters. The molecule has 0 aliphatic carbocycles. The van der Waals surface area contributed by atoms with Gasteiger partial charge in [-0.05, 0) is 79.8 Å². The molecule has 2 aliphatic heterocycles. The highest BCUT2D eigenvalue weighted by atomic mass is 32.2. The molecule has 3 rings (SSSR count).